The van der Waals surface area contributed by atoms with Crippen LogP contribution in [0.2, 0.25) is 0 Å². The highest BCUT2D eigenvalue weighted by Gasteiger charge is 2.16. The van der Waals surface area contributed by atoms with Gasteiger partial charge in [-0.05, 0) is 28.4 Å². The van der Waals surface area contributed by atoms with E-state index in [1.165, 1.54) is 7.11 Å². The number of rotatable bonds is 5. The maximum atomic E-state index is 11.0. The van der Waals surface area contributed by atoms with Crippen LogP contribution in [0, 0.1) is 0 Å². The van der Waals surface area contributed by atoms with Crippen LogP contribution in [-0.2, 0) is 6.42 Å². The third-order valence-corrected chi connectivity index (χ3v) is 3.02. The average Bonchev–Trinajstić information content (AvgIpc) is 2.30. The van der Waals surface area contributed by atoms with Crippen LogP contribution in [0.25, 0.3) is 0 Å². The molecule has 16 heavy (non-hydrogen) atoms. The lowest BCUT2D eigenvalue weighted by atomic mass is 10.1. The molecule has 0 radical (unpaired) electrons. The number of benzene rings is 1. The minimum Gasteiger partial charge on any atom is -0.496 e. The Bertz CT molecular complexity index is 413. The molecule has 0 heterocycles. The number of hydrogen-bond donors (Lipinski definition) is 0. The predicted molar refractivity (Wildman–Crippen MR) is 66.5 cm³/mol. The van der Waals surface area contributed by atoms with E-state index in [1.807, 2.05) is 6.07 Å². The monoisotopic (exact) mass is 284 g/mol. The molecular formula is C12H13BrO3. The smallest absolute Gasteiger partial charge is 0.155 e. The molecule has 0 atom stereocenters. The summed E-state index contributed by atoms with van der Waals surface area (Å²) in [6, 6.07) is 1.83. The van der Waals surface area contributed by atoms with Crippen LogP contribution < -0.4 is 9.47 Å². The standard InChI is InChI=1S/C12H13BrO3/c1-4-5-8-6-10(15-2)11(13)9(7-14)12(8)16-3/h4,6-7H,1,5H2,2-3H3. The van der Waals surface area contributed by atoms with E-state index in [2.05, 4.69) is 22.5 Å². The van der Waals surface area contributed by atoms with Crippen molar-refractivity contribution in [3.63, 3.8) is 0 Å². The molecule has 0 saturated heterocycles. The van der Waals surface area contributed by atoms with E-state index in [0.29, 0.717) is 28.0 Å². The van der Waals surface area contributed by atoms with Crippen molar-refractivity contribution in [2.75, 3.05) is 14.2 Å². The first-order valence-electron chi connectivity index (χ1n) is 4.69. The predicted octanol–water partition coefficient (Wildman–Crippen LogP) is 3.01. The Hall–Kier alpha value is -1.29. The topological polar surface area (TPSA) is 35.5 Å². The molecule has 0 N–H and O–H groups in total. The van der Waals surface area contributed by atoms with Gasteiger partial charge < -0.3 is 9.47 Å². The first-order valence-corrected chi connectivity index (χ1v) is 5.48. The summed E-state index contributed by atoms with van der Waals surface area (Å²) in [7, 11) is 3.09. The molecule has 86 valence electrons. The third-order valence-electron chi connectivity index (χ3n) is 2.20. The molecule has 0 fully saturated rings. The van der Waals surface area contributed by atoms with Gasteiger partial charge in [0.05, 0.1) is 24.3 Å². The first-order chi connectivity index (χ1) is 7.69. The van der Waals surface area contributed by atoms with Crippen molar-refractivity contribution >= 4 is 22.2 Å². The van der Waals surface area contributed by atoms with E-state index in [4.69, 9.17) is 9.47 Å². The minimum atomic E-state index is 0.457. The lowest BCUT2D eigenvalue weighted by Gasteiger charge is -2.14. The van der Waals surface area contributed by atoms with Gasteiger partial charge in [-0.2, -0.15) is 0 Å². The van der Waals surface area contributed by atoms with Gasteiger partial charge in [-0.3, -0.25) is 4.79 Å². The van der Waals surface area contributed by atoms with Crippen molar-refractivity contribution in [3.05, 3.63) is 34.3 Å². The van der Waals surface area contributed by atoms with Crippen LogP contribution in [0.4, 0.5) is 0 Å². The molecule has 0 aliphatic carbocycles. The van der Waals surface area contributed by atoms with Gasteiger partial charge in [-0.1, -0.05) is 6.08 Å². The number of ether oxygens (including phenoxy) is 2. The van der Waals surface area contributed by atoms with Gasteiger partial charge in [0.2, 0.25) is 0 Å². The first kappa shape index (κ1) is 12.8. The Kier molecular flexibility index (Phi) is 4.55. The second-order valence-corrected chi connectivity index (χ2v) is 3.90. The summed E-state index contributed by atoms with van der Waals surface area (Å²) < 4.78 is 11.0. The van der Waals surface area contributed by atoms with Crippen molar-refractivity contribution in [3.8, 4) is 11.5 Å². The second-order valence-electron chi connectivity index (χ2n) is 3.11. The second kappa shape index (κ2) is 5.70. The zero-order valence-corrected chi connectivity index (χ0v) is 10.8. The Morgan fingerprint density at radius 2 is 2.12 bits per heavy atom. The largest absolute Gasteiger partial charge is 0.496 e. The van der Waals surface area contributed by atoms with Crippen molar-refractivity contribution in [2.45, 2.75) is 6.42 Å². The molecule has 0 saturated carbocycles. The van der Waals surface area contributed by atoms with Crippen LogP contribution in [0.15, 0.2) is 23.2 Å². The zero-order chi connectivity index (χ0) is 12.1. The summed E-state index contributed by atoms with van der Waals surface area (Å²) in [6.45, 7) is 3.67. The maximum Gasteiger partial charge on any atom is 0.155 e. The fourth-order valence-electron chi connectivity index (χ4n) is 1.49. The van der Waals surface area contributed by atoms with Crippen LogP contribution in [0.1, 0.15) is 15.9 Å². The van der Waals surface area contributed by atoms with E-state index < -0.39 is 0 Å². The Balaban J connectivity index is 3.48. The van der Waals surface area contributed by atoms with Crippen molar-refractivity contribution in [2.24, 2.45) is 0 Å². The number of carbonyl (C=O) groups excluding carboxylic acids is 1. The fraction of sp³-hybridized carbons (Fsp3) is 0.250. The van der Waals surface area contributed by atoms with E-state index in [9.17, 15) is 4.79 Å². The van der Waals surface area contributed by atoms with E-state index in [-0.39, 0.29) is 0 Å². The molecule has 4 heteroatoms. The number of hydrogen-bond acceptors (Lipinski definition) is 3. The number of carbonyl (C=O) groups is 1. The lowest BCUT2D eigenvalue weighted by molar-refractivity contribution is 0.111. The van der Waals surface area contributed by atoms with Gasteiger partial charge in [-0.15, -0.1) is 6.58 Å². The lowest BCUT2D eigenvalue weighted by Crippen LogP contribution is -2.00. The van der Waals surface area contributed by atoms with Gasteiger partial charge in [0.25, 0.3) is 0 Å². The summed E-state index contributed by atoms with van der Waals surface area (Å²) in [5.41, 5.74) is 1.33. The molecule has 0 bridgehead atoms. The maximum absolute atomic E-state index is 11.0. The SMILES string of the molecule is C=CCc1cc(OC)c(Br)c(C=O)c1OC. The third kappa shape index (κ3) is 2.27. The van der Waals surface area contributed by atoms with Gasteiger partial charge in [0.1, 0.15) is 11.5 Å². The Labute approximate surface area is 103 Å². The summed E-state index contributed by atoms with van der Waals surface area (Å²) in [6.07, 6.45) is 3.12. The summed E-state index contributed by atoms with van der Waals surface area (Å²) >= 11 is 3.32. The van der Waals surface area contributed by atoms with Crippen LogP contribution in [0.3, 0.4) is 0 Å². The van der Waals surface area contributed by atoms with Crippen molar-refractivity contribution in [1.29, 1.82) is 0 Å². The summed E-state index contributed by atoms with van der Waals surface area (Å²) in [4.78, 5) is 11.0. The summed E-state index contributed by atoms with van der Waals surface area (Å²) in [5, 5.41) is 0. The Morgan fingerprint density at radius 3 is 2.56 bits per heavy atom. The number of halogens is 1. The van der Waals surface area contributed by atoms with Crippen molar-refractivity contribution in [1.82, 2.24) is 0 Å². The van der Waals surface area contributed by atoms with E-state index in [0.717, 1.165) is 11.8 Å². The highest BCUT2D eigenvalue weighted by Crippen LogP contribution is 2.37. The molecule has 0 aliphatic rings. The van der Waals surface area contributed by atoms with Crippen LogP contribution >= 0.6 is 15.9 Å². The van der Waals surface area contributed by atoms with Gasteiger partial charge >= 0.3 is 0 Å². The number of allylic oxidation sites excluding steroid dienone is 1. The molecular weight excluding hydrogens is 272 g/mol. The molecule has 0 aliphatic heterocycles. The van der Waals surface area contributed by atoms with Crippen LogP contribution in [0.5, 0.6) is 11.5 Å². The number of aldehydes is 1. The molecule has 0 spiro atoms. The molecule has 1 aromatic rings. The van der Waals surface area contributed by atoms with Gasteiger partial charge in [0.15, 0.2) is 6.29 Å². The van der Waals surface area contributed by atoms with Gasteiger partial charge in [0, 0.05) is 5.56 Å². The summed E-state index contributed by atoms with van der Waals surface area (Å²) in [5.74, 6) is 1.17. The molecule has 0 amide bonds. The molecule has 1 rings (SSSR count). The number of methoxy groups -OCH3 is 2. The van der Waals surface area contributed by atoms with E-state index >= 15 is 0 Å². The highest BCUT2D eigenvalue weighted by molar-refractivity contribution is 9.10. The highest BCUT2D eigenvalue weighted by atomic mass is 79.9. The van der Waals surface area contributed by atoms with Gasteiger partial charge in [-0.25, -0.2) is 0 Å². The average molecular weight is 285 g/mol. The van der Waals surface area contributed by atoms with Crippen LogP contribution in [-0.4, -0.2) is 20.5 Å². The van der Waals surface area contributed by atoms with Crippen molar-refractivity contribution < 1.29 is 14.3 Å². The molecule has 1 aromatic carbocycles. The Morgan fingerprint density at radius 1 is 1.44 bits per heavy atom. The normalized spacial score (nSPS) is 9.69. The molecule has 0 unspecified atom stereocenters. The molecule has 0 aromatic heterocycles. The zero-order valence-electron chi connectivity index (χ0n) is 9.25. The fourth-order valence-corrected chi connectivity index (χ4v) is 2.04. The quantitative estimate of drug-likeness (QED) is 0.616. The van der Waals surface area contributed by atoms with E-state index in [1.54, 1.807) is 13.2 Å². The molecule has 3 nitrogen and oxygen atoms in total. The minimum absolute atomic E-state index is 0.457.